The Morgan fingerprint density at radius 1 is 0.929 bits per heavy atom. The van der Waals surface area contributed by atoms with Crippen LogP contribution >= 0.6 is 12.2 Å². The van der Waals surface area contributed by atoms with Crippen molar-refractivity contribution in [2.45, 2.75) is 63.8 Å². The molecule has 14 heavy (non-hydrogen) atoms. The molecule has 0 unspecified atom stereocenters. The second-order valence-electron chi connectivity index (χ2n) is 4.26. The Bertz CT molecular complexity index is 161. The van der Waals surface area contributed by atoms with Crippen LogP contribution in [0.3, 0.4) is 0 Å². The van der Waals surface area contributed by atoms with E-state index in [1.165, 1.54) is 57.8 Å². The van der Waals surface area contributed by atoms with E-state index in [1.807, 2.05) is 0 Å². The first kappa shape index (κ1) is 11.8. The average Bonchev–Trinajstić information content (AvgIpc) is 2.15. The highest BCUT2D eigenvalue weighted by Crippen LogP contribution is 2.16. The molecular formula is C11H22N2S. The minimum atomic E-state index is 0.465. The van der Waals surface area contributed by atoms with Crippen molar-refractivity contribution in [2.75, 3.05) is 0 Å². The number of nitrogens with one attached hydrogen (secondary N) is 1. The molecule has 3 heteroatoms. The monoisotopic (exact) mass is 214 g/mol. The van der Waals surface area contributed by atoms with Crippen molar-refractivity contribution in [1.29, 1.82) is 0 Å². The lowest BCUT2D eigenvalue weighted by atomic mass is 9.97. The Balaban J connectivity index is 2.26. The summed E-state index contributed by atoms with van der Waals surface area (Å²) in [6.45, 7) is 0. The maximum absolute atomic E-state index is 5.50. The van der Waals surface area contributed by atoms with Gasteiger partial charge in [0.1, 0.15) is 0 Å². The van der Waals surface area contributed by atoms with Gasteiger partial charge in [0.2, 0.25) is 0 Å². The standard InChI is InChI=1S/C11H22N2S/c12-11(14)13-10-8-6-4-2-1-3-5-7-9-10/h10H,1-9H2,(H3,12,13,14). The lowest BCUT2D eigenvalue weighted by Crippen LogP contribution is -2.38. The van der Waals surface area contributed by atoms with Gasteiger partial charge < -0.3 is 11.1 Å². The Morgan fingerprint density at radius 3 is 1.79 bits per heavy atom. The average molecular weight is 214 g/mol. The highest BCUT2D eigenvalue weighted by atomic mass is 32.1. The molecule has 0 aliphatic heterocycles. The second kappa shape index (κ2) is 7.04. The van der Waals surface area contributed by atoms with E-state index in [9.17, 15) is 0 Å². The summed E-state index contributed by atoms with van der Waals surface area (Å²) in [5.41, 5.74) is 5.50. The zero-order valence-electron chi connectivity index (χ0n) is 8.93. The second-order valence-corrected chi connectivity index (χ2v) is 4.70. The lowest BCUT2D eigenvalue weighted by molar-refractivity contribution is 0.438. The largest absolute Gasteiger partial charge is 0.376 e. The van der Waals surface area contributed by atoms with Crippen LogP contribution in [0.5, 0.6) is 0 Å². The summed E-state index contributed by atoms with van der Waals surface area (Å²) in [7, 11) is 0. The van der Waals surface area contributed by atoms with Crippen LogP contribution in [-0.2, 0) is 0 Å². The molecule has 1 rings (SSSR count). The van der Waals surface area contributed by atoms with Gasteiger partial charge in [0.15, 0.2) is 5.11 Å². The zero-order valence-corrected chi connectivity index (χ0v) is 9.74. The Morgan fingerprint density at radius 2 is 1.36 bits per heavy atom. The van der Waals surface area contributed by atoms with Gasteiger partial charge in [-0.15, -0.1) is 0 Å². The topological polar surface area (TPSA) is 38.0 Å². The molecule has 1 saturated carbocycles. The zero-order chi connectivity index (χ0) is 10.2. The molecule has 0 bridgehead atoms. The minimum absolute atomic E-state index is 0.465. The summed E-state index contributed by atoms with van der Waals surface area (Å²) in [6.07, 6.45) is 12.1. The summed E-state index contributed by atoms with van der Waals surface area (Å²) in [6, 6.07) is 0.533. The van der Waals surface area contributed by atoms with Gasteiger partial charge in [-0.25, -0.2) is 0 Å². The van der Waals surface area contributed by atoms with Crippen molar-refractivity contribution in [3.8, 4) is 0 Å². The third kappa shape index (κ3) is 5.43. The van der Waals surface area contributed by atoms with Gasteiger partial charge >= 0.3 is 0 Å². The summed E-state index contributed by atoms with van der Waals surface area (Å²) < 4.78 is 0. The van der Waals surface area contributed by atoms with Crippen LogP contribution in [0.25, 0.3) is 0 Å². The van der Waals surface area contributed by atoms with Gasteiger partial charge in [-0.3, -0.25) is 0 Å². The third-order valence-electron chi connectivity index (χ3n) is 2.95. The first-order valence-electron chi connectivity index (χ1n) is 5.85. The number of thiocarbonyl (C=S) groups is 1. The van der Waals surface area contributed by atoms with Crippen LogP contribution in [0.15, 0.2) is 0 Å². The highest BCUT2D eigenvalue weighted by Gasteiger charge is 2.09. The maximum atomic E-state index is 5.50. The maximum Gasteiger partial charge on any atom is 0.163 e. The SMILES string of the molecule is NC(=S)NC1CCCCCCCCC1. The van der Waals surface area contributed by atoms with Crippen LogP contribution in [0.1, 0.15) is 57.8 Å². The van der Waals surface area contributed by atoms with Gasteiger partial charge in [0, 0.05) is 6.04 Å². The molecule has 2 nitrogen and oxygen atoms in total. The van der Waals surface area contributed by atoms with E-state index in [4.69, 9.17) is 18.0 Å². The third-order valence-corrected chi connectivity index (χ3v) is 3.07. The molecule has 0 atom stereocenters. The first-order chi connectivity index (χ1) is 6.79. The Labute approximate surface area is 92.6 Å². The molecule has 82 valence electrons. The molecule has 0 heterocycles. The smallest absolute Gasteiger partial charge is 0.163 e. The summed E-state index contributed by atoms with van der Waals surface area (Å²) in [4.78, 5) is 0. The molecule has 0 aromatic heterocycles. The van der Waals surface area contributed by atoms with E-state index in [2.05, 4.69) is 5.32 Å². The van der Waals surface area contributed by atoms with Crippen LogP contribution in [0, 0.1) is 0 Å². The fourth-order valence-corrected chi connectivity index (χ4v) is 2.32. The predicted octanol–water partition coefficient (Wildman–Crippen LogP) is 2.71. The van der Waals surface area contributed by atoms with Gasteiger partial charge in [0.25, 0.3) is 0 Å². The van der Waals surface area contributed by atoms with Crippen molar-refractivity contribution in [3.63, 3.8) is 0 Å². The number of nitrogens with two attached hydrogens (primary N) is 1. The molecule has 0 spiro atoms. The molecule has 1 aliphatic rings. The minimum Gasteiger partial charge on any atom is -0.376 e. The van der Waals surface area contributed by atoms with Crippen molar-refractivity contribution in [1.82, 2.24) is 5.32 Å². The van der Waals surface area contributed by atoms with E-state index < -0.39 is 0 Å². The van der Waals surface area contributed by atoms with Crippen molar-refractivity contribution in [2.24, 2.45) is 5.73 Å². The van der Waals surface area contributed by atoms with Crippen molar-refractivity contribution >= 4 is 17.3 Å². The predicted molar refractivity (Wildman–Crippen MR) is 65.3 cm³/mol. The number of hydrogen-bond donors (Lipinski definition) is 2. The normalized spacial score (nSPS) is 21.4. The van der Waals surface area contributed by atoms with Gasteiger partial charge in [-0.05, 0) is 25.1 Å². The first-order valence-corrected chi connectivity index (χ1v) is 6.26. The van der Waals surface area contributed by atoms with E-state index in [1.54, 1.807) is 0 Å². The molecule has 1 fully saturated rings. The van der Waals surface area contributed by atoms with Crippen LogP contribution in [0.4, 0.5) is 0 Å². The molecule has 3 N–H and O–H groups in total. The van der Waals surface area contributed by atoms with Crippen LogP contribution in [-0.4, -0.2) is 11.2 Å². The fourth-order valence-electron chi connectivity index (χ4n) is 2.16. The van der Waals surface area contributed by atoms with E-state index in [0.29, 0.717) is 11.2 Å². The molecule has 0 radical (unpaired) electrons. The summed E-state index contributed by atoms with van der Waals surface area (Å²) in [5, 5.41) is 3.67. The van der Waals surface area contributed by atoms with Crippen molar-refractivity contribution < 1.29 is 0 Å². The fraction of sp³-hybridized carbons (Fsp3) is 0.909. The highest BCUT2D eigenvalue weighted by molar-refractivity contribution is 7.80. The number of rotatable bonds is 1. The van der Waals surface area contributed by atoms with Crippen molar-refractivity contribution in [3.05, 3.63) is 0 Å². The van der Waals surface area contributed by atoms with E-state index in [0.717, 1.165) is 0 Å². The summed E-state index contributed by atoms with van der Waals surface area (Å²) in [5.74, 6) is 0. The molecule has 1 aliphatic carbocycles. The Hall–Kier alpha value is -0.310. The quantitative estimate of drug-likeness (QED) is 0.659. The van der Waals surface area contributed by atoms with E-state index in [-0.39, 0.29) is 0 Å². The van der Waals surface area contributed by atoms with Crippen LogP contribution in [0.2, 0.25) is 0 Å². The lowest BCUT2D eigenvalue weighted by Gasteiger charge is -2.19. The van der Waals surface area contributed by atoms with Gasteiger partial charge in [-0.1, -0.05) is 44.9 Å². The van der Waals surface area contributed by atoms with Gasteiger partial charge in [-0.2, -0.15) is 0 Å². The molecule has 0 aromatic carbocycles. The van der Waals surface area contributed by atoms with Crippen LogP contribution < -0.4 is 11.1 Å². The molecule has 0 amide bonds. The molecular weight excluding hydrogens is 192 g/mol. The van der Waals surface area contributed by atoms with E-state index >= 15 is 0 Å². The molecule has 0 aromatic rings. The molecule has 0 saturated heterocycles. The van der Waals surface area contributed by atoms with Gasteiger partial charge in [0.05, 0.1) is 0 Å². The Kier molecular flexibility index (Phi) is 5.92. The number of hydrogen-bond acceptors (Lipinski definition) is 1. The summed E-state index contributed by atoms with van der Waals surface area (Å²) >= 11 is 4.88.